The van der Waals surface area contributed by atoms with E-state index >= 15 is 0 Å². The van der Waals surface area contributed by atoms with E-state index in [1.54, 1.807) is 6.20 Å². The Labute approximate surface area is 79.8 Å². The predicted octanol–water partition coefficient (Wildman–Crippen LogP) is 3.71. The standard InChI is InChI=1S/C7H8ClN.C3H8/c1-2-6-4-3-5-9-7(6)8;1-3-2/h3-5H,2H2,1H3;3H2,1-2H3. The molecule has 0 aliphatic carbocycles. The second kappa shape index (κ2) is 7.11. The lowest BCUT2D eigenvalue weighted by molar-refractivity contribution is 1.09. The van der Waals surface area contributed by atoms with Crippen LogP contribution in [0.3, 0.4) is 0 Å². The molecular weight excluding hydrogens is 170 g/mol. The zero-order chi connectivity index (χ0) is 9.40. The summed E-state index contributed by atoms with van der Waals surface area (Å²) in [6.45, 7) is 6.31. The van der Waals surface area contributed by atoms with Crippen LogP contribution >= 0.6 is 11.6 Å². The smallest absolute Gasteiger partial charge is 0.132 e. The number of aryl methyl sites for hydroxylation is 1. The maximum Gasteiger partial charge on any atom is 0.132 e. The third kappa shape index (κ3) is 4.35. The molecule has 0 N–H and O–H groups in total. The SMILES string of the molecule is CCC.CCc1cccnc1Cl. The molecule has 0 spiro atoms. The van der Waals surface area contributed by atoms with Gasteiger partial charge in [0.1, 0.15) is 5.15 Å². The molecule has 0 aliphatic heterocycles. The summed E-state index contributed by atoms with van der Waals surface area (Å²) in [5, 5.41) is 0.625. The molecule has 12 heavy (non-hydrogen) atoms. The lowest BCUT2D eigenvalue weighted by Gasteiger charge is -1.95. The van der Waals surface area contributed by atoms with Crippen molar-refractivity contribution in [3.8, 4) is 0 Å². The molecule has 1 nitrogen and oxygen atoms in total. The summed E-state index contributed by atoms with van der Waals surface area (Å²) in [6.07, 6.45) is 3.90. The van der Waals surface area contributed by atoms with E-state index in [1.807, 2.05) is 12.1 Å². The van der Waals surface area contributed by atoms with Gasteiger partial charge in [-0.05, 0) is 18.1 Å². The minimum absolute atomic E-state index is 0.625. The Morgan fingerprint density at radius 2 is 1.92 bits per heavy atom. The number of rotatable bonds is 1. The van der Waals surface area contributed by atoms with Crippen molar-refractivity contribution in [3.63, 3.8) is 0 Å². The summed E-state index contributed by atoms with van der Waals surface area (Å²) in [6, 6.07) is 3.88. The summed E-state index contributed by atoms with van der Waals surface area (Å²) in [5.41, 5.74) is 1.11. The molecule has 1 heterocycles. The first-order chi connectivity index (χ1) is 5.76. The maximum atomic E-state index is 5.71. The van der Waals surface area contributed by atoms with E-state index in [-0.39, 0.29) is 0 Å². The highest BCUT2D eigenvalue weighted by Crippen LogP contribution is 2.10. The van der Waals surface area contributed by atoms with Crippen LogP contribution in [0.4, 0.5) is 0 Å². The normalized spacial score (nSPS) is 8.67. The molecule has 0 bridgehead atoms. The molecule has 0 amide bonds. The molecule has 0 fully saturated rings. The van der Waals surface area contributed by atoms with Gasteiger partial charge in [0.15, 0.2) is 0 Å². The molecule has 0 unspecified atom stereocenters. The van der Waals surface area contributed by atoms with Crippen molar-refractivity contribution < 1.29 is 0 Å². The molecule has 0 saturated carbocycles. The minimum Gasteiger partial charge on any atom is -0.244 e. The number of hydrogen-bond donors (Lipinski definition) is 0. The number of hydrogen-bond acceptors (Lipinski definition) is 1. The van der Waals surface area contributed by atoms with Crippen LogP contribution in [0.25, 0.3) is 0 Å². The quantitative estimate of drug-likeness (QED) is 0.608. The van der Waals surface area contributed by atoms with Gasteiger partial charge in [-0.2, -0.15) is 0 Å². The predicted molar refractivity (Wildman–Crippen MR) is 54.6 cm³/mol. The fraction of sp³-hybridized carbons (Fsp3) is 0.500. The molecule has 1 aromatic rings. The largest absolute Gasteiger partial charge is 0.244 e. The van der Waals surface area contributed by atoms with Gasteiger partial charge in [-0.1, -0.05) is 44.9 Å². The fourth-order valence-corrected chi connectivity index (χ4v) is 0.936. The van der Waals surface area contributed by atoms with Crippen LogP contribution in [-0.4, -0.2) is 4.98 Å². The first kappa shape index (κ1) is 11.4. The first-order valence-electron chi connectivity index (χ1n) is 4.35. The summed E-state index contributed by atoms with van der Waals surface area (Å²) in [7, 11) is 0. The number of aromatic nitrogens is 1. The van der Waals surface area contributed by atoms with Crippen molar-refractivity contribution in [3.05, 3.63) is 29.0 Å². The zero-order valence-corrected chi connectivity index (χ0v) is 8.73. The lowest BCUT2D eigenvalue weighted by atomic mass is 10.2. The van der Waals surface area contributed by atoms with Gasteiger partial charge in [0.25, 0.3) is 0 Å². The molecule has 0 aliphatic rings. The first-order valence-corrected chi connectivity index (χ1v) is 4.73. The van der Waals surface area contributed by atoms with Crippen molar-refractivity contribution >= 4 is 11.6 Å². The third-order valence-corrected chi connectivity index (χ3v) is 1.56. The molecule has 2 heteroatoms. The highest BCUT2D eigenvalue weighted by atomic mass is 35.5. The van der Waals surface area contributed by atoms with Crippen molar-refractivity contribution in [2.75, 3.05) is 0 Å². The van der Waals surface area contributed by atoms with Gasteiger partial charge in [-0.25, -0.2) is 4.98 Å². The van der Waals surface area contributed by atoms with Gasteiger partial charge in [-0.15, -0.1) is 0 Å². The van der Waals surface area contributed by atoms with Crippen LogP contribution in [0, 0.1) is 0 Å². The van der Waals surface area contributed by atoms with E-state index in [4.69, 9.17) is 11.6 Å². The highest BCUT2D eigenvalue weighted by Gasteiger charge is 1.93. The minimum atomic E-state index is 0.625. The van der Waals surface area contributed by atoms with E-state index in [2.05, 4.69) is 25.8 Å². The Kier molecular flexibility index (Phi) is 6.78. The van der Waals surface area contributed by atoms with Crippen molar-refractivity contribution in [1.82, 2.24) is 4.98 Å². The van der Waals surface area contributed by atoms with Crippen LogP contribution in [0.2, 0.25) is 5.15 Å². The molecule has 0 saturated heterocycles. The zero-order valence-electron chi connectivity index (χ0n) is 7.97. The average molecular weight is 186 g/mol. The van der Waals surface area contributed by atoms with Crippen LogP contribution in [0.1, 0.15) is 32.8 Å². The van der Waals surface area contributed by atoms with E-state index in [0.29, 0.717) is 5.15 Å². The molecule has 1 rings (SSSR count). The molecular formula is C10H16ClN. The van der Waals surface area contributed by atoms with E-state index in [1.165, 1.54) is 6.42 Å². The Balaban J connectivity index is 0.000000354. The van der Waals surface area contributed by atoms with Crippen molar-refractivity contribution in [2.45, 2.75) is 33.6 Å². The Morgan fingerprint density at radius 1 is 1.33 bits per heavy atom. The van der Waals surface area contributed by atoms with Gasteiger partial charge in [0.05, 0.1) is 0 Å². The van der Waals surface area contributed by atoms with Gasteiger partial charge < -0.3 is 0 Å². The topological polar surface area (TPSA) is 12.9 Å². The molecule has 1 aromatic heterocycles. The summed E-state index contributed by atoms with van der Waals surface area (Å²) in [4.78, 5) is 3.92. The van der Waals surface area contributed by atoms with Crippen LogP contribution in [-0.2, 0) is 6.42 Å². The van der Waals surface area contributed by atoms with E-state index < -0.39 is 0 Å². The number of nitrogens with zero attached hydrogens (tertiary/aromatic N) is 1. The Bertz CT molecular complexity index is 211. The van der Waals surface area contributed by atoms with Gasteiger partial charge >= 0.3 is 0 Å². The summed E-state index contributed by atoms with van der Waals surface area (Å²) in [5.74, 6) is 0. The lowest BCUT2D eigenvalue weighted by Crippen LogP contribution is -1.82. The van der Waals surface area contributed by atoms with Crippen LogP contribution in [0.5, 0.6) is 0 Å². The second-order valence-electron chi connectivity index (χ2n) is 2.51. The third-order valence-electron chi connectivity index (χ3n) is 1.22. The number of halogens is 1. The van der Waals surface area contributed by atoms with Crippen LogP contribution in [0.15, 0.2) is 18.3 Å². The molecule has 0 aromatic carbocycles. The van der Waals surface area contributed by atoms with Crippen molar-refractivity contribution in [2.24, 2.45) is 0 Å². The monoisotopic (exact) mass is 185 g/mol. The molecule has 0 radical (unpaired) electrons. The van der Waals surface area contributed by atoms with Gasteiger partial charge in [0.2, 0.25) is 0 Å². The van der Waals surface area contributed by atoms with E-state index in [0.717, 1.165) is 12.0 Å². The Hall–Kier alpha value is -0.560. The summed E-state index contributed by atoms with van der Waals surface area (Å²) >= 11 is 5.71. The van der Waals surface area contributed by atoms with Gasteiger partial charge in [0, 0.05) is 6.20 Å². The van der Waals surface area contributed by atoms with E-state index in [9.17, 15) is 0 Å². The highest BCUT2D eigenvalue weighted by molar-refractivity contribution is 6.30. The molecule has 68 valence electrons. The number of pyridine rings is 1. The van der Waals surface area contributed by atoms with Crippen LogP contribution < -0.4 is 0 Å². The molecule has 0 atom stereocenters. The Morgan fingerprint density at radius 3 is 2.25 bits per heavy atom. The van der Waals surface area contributed by atoms with Crippen molar-refractivity contribution in [1.29, 1.82) is 0 Å². The summed E-state index contributed by atoms with van der Waals surface area (Å²) < 4.78 is 0. The second-order valence-corrected chi connectivity index (χ2v) is 2.87. The maximum absolute atomic E-state index is 5.71. The van der Waals surface area contributed by atoms with Gasteiger partial charge in [-0.3, -0.25) is 0 Å². The average Bonchev–Trinajstić information content (AvgIpc) is 2.07. The fourth-order valence-electron chi connectivity index (χ4n) is 0.683.